The predicted octanol–water partition coefficient (Wildman–Crippen LogP) is 15.9. The van der Waals surface area contributed by atoms with E-state index in [4.69, 9.17) is 11.8 Å². The minimum atomic E-state index is -2.29. The Labute approximate surface area is 426 Å². The Kier molecular flexibility index (Phi) is 12.1. The van der Waals surface area contributed by atoms with Crippen molar-refractivity contribution in [1.82, 2.24) is 9.97 Å². The summed E-state index contributed by atoms with van der Waals surface area (Å²) in [5.41, 5.74) is 10.3. The second-order valence-corrected chi connectivity index (χ2v) is 23.2. The molecule has 68 heavy (non-hydrogen) atoms. The molecule has 0 saturated carbocycles. The van der Waals surface area contributed by atoms with Gasteiger partial charge in [-0.3, -0.25) is 0 Å². The number of nitrogens with zero attached hydrogens (tertiary/aromatic N) is 2. The summed E-state index contributed by atoms with van der Waals surface area (Å²) in [6.07, 6.45) is 2.14. The topological polar surface area (TPSA) is 25.8 Å². The third kappa shape index (κ3) is 9.72. The van der Waals surface area contributed by atoms with E-state index in [1.807, 2.05) is 104 Å². The molecule has 0 aliphatic heterocycles. The molecule has 0 bridgehead atoms. The standard InChI is InChI=1S/C33H20NS.C30H32NSi.Ir/c1-2-7-22(8-3-1)24-17-18-34-31(20-24)26-14-16-32-30(19-26)29-15-13-25(21-33(29)35-32)28-12-6-10-23-9-4-5-11-27(23)28;1-22(2)18-26-20-29(31-21-30(26)32(4,5)27-14-10-7-11-15-27)25-17-16-23(3)28(19-25)24-12-8-6-9-13-24;/h1-13,15-21H;6-16,19-22H,18H2,1-5H3;/q2*-1;/i;3D3,18D2;. The second kappa shape index (κ2) is 20.3. The number of hydrogen-bond acceptors (Lipinski definition) is 3. The zero-order valence-electron chi connectivity index (χ0n) is 43.3. The van der Waals surface area contributed by atoms with Gasteiger partial charge in [-0.05, 0) is 89.7 Å². The van der Waals surface area contributed by atoms with Crippen LogP contribution in [0.2, 0.25) is 13.1 Å². The van der Waals surface area contributed by atoms with Crippen LogP contribution in [0.5, 0.6) is 0 Å². The van der Waals surface area contributed by atoms with Crippen LogP contribution in [0.3, 0.4) is 0 Å². The molecule has 1 radical (unpaired) electrons. The average Bonchev–Trinajstić information content (AvgIpc) is 3.78. The van der Waals surface area contributed by atoms with Crippen molar-refractivity contribution in [3.05, 3.63) is 230 Å². The molecule has 0 saturated heterocycles. The van der Waals surface area contributed by atoms with E-state index in [2.05, 4.69) is 152 Å². The van der Waals surface area contributed by atoms with Crippen LogP contribution in [0.4, 0.5) is 0 Å². The maximum atomic E-state index is 9.03. The molecule has 0 N–H and O–H groups in total. The number of hydrogen-bond donors (Lipinski definition) is 0. The summed E-state index contributed by atoms with van der Waals surface area (Å²) < 4.78 is 44.7. The first-order chi connectivity index (χ1) is 34.7. The average molecular weight is 1090 g/mol. The molecule has 5 heteroatoms. The van der Waals surface area contributed by atoms with E-state index in [0.717, 1.165) is 22.0 Å². The largest absolute Gasteiger partial charge is 0.305 e. The van der Waals surface area contributed by atoms with Crippen LogP contribution < -0.4 is 10.4 Å². The van der Waals surface area contributed by atoms with Crippen molar-refractivity contribution in [1.29, 1.82) is 0 Å². The van der Waals surface area contributed by atoms with Crippen LogP contribution in [-0.2, 0) is 26.5 Å². The normalized spacial score (nSPS) is 12.9. The van der Waals surface area contributed by atoms with Crippen LogP contribution in [-0.4, -0.2) is 18.0 Å². The Morgan fingerprint density at radius 3 is 2.01 bits per heavy atom. The number of thiophene rings is 1. The molecule has 0 unspecified atom stereocenters. The Morgan fingerprint density at radius 2 is 1.25 bits per heavy atom. The fourth-order valence-corrected chi connectivity index (χ4v) is 12.6. The number of aryl methyl sites for hydroxylation is 1. The molecule has 0 aliphatic rings. The third-order valence-electron chi connectivity index (χ3n) is 12.5. The monoisotopic (exact) mass is 1090 g/mol. The van der Waals surface area contributed by atoms with Crippen molar-refractivity contribution in [2.75, 3.05) is 0 Å². The Morgan fingerprint density at radius 1 is 0.574 bits per heavy atom. The van der Waals surface area contributed by atoms with E-state index >= 15 is 0 Å². The Hall–Kier alpha value is -6.59. The van der Waals surface area contributed by atoms with Crippen molar-refractivity contribution in [3.8, 4) is 55.9 Å². The number of rotatable bonds is 9. The molecule has 11 rings (SSSR count). The number of benzene rings is 8. The van der Waals surface area contributed by atoms with Gasteiger partial charge in [-0.1, -0.05) is 213 Å². The molecule has 0 aliphatic carbocycles. The first kappa shape index (κ1) is 40.5. The van der Waals surface area contributed by atoms with Crippen LogP contribution in [0.15, 0.2) is 207 Å². The van der Waals surface area contributed by atoms with Gasteiger partial charge in [0, 0.05) is 44.1 Å². The second-order valence-electron chi connectivity index (χ2n) is 17.7. The summed E-state index contributed by atoms with van der Waals surface area (Å²) in [7, 11) is -2.26. The van der Waals surface area contributed by atoms with Gasteiger partial charge in [-0.15, -0.1) is 53.1 Å². The van der Waals surface area contributed by atoms with Crippen molar-refractivity contribution in [3.63, 3.8) is 0 Å². The fourth-order valence-electron chi connectivity index (χ4n) is 8.94. The molecule has 3 aromatic heterocycles. The van der Waals surface area contributed by atoms with E-state index in [1.54, 1.807) is 0 Å². The molecule has 11 aromatic rings. The summed E-state index contributed by atoms with van der Waals surface area (Å²) in [5, 5.41) is 7.27. The smallest absolute Gasteiger partial charge is 0.114 e. The van der Waals surface area contributed by atoms with Gasteiger partial charge < -0.3 is 9.97 Å². The molecule has 0 atom stereocenters. The Bertz CT molecular complexity index is 3720. The molecule has 8 aromatic carbocycles. The summed E-state index contributed by atoms with van der Waals surface area (Å²) in [6.45, 7) is 5.95. The maximum Gasteiger partial charge on any atom is 0.114 e. The van der Waals surface area contributed by atoms with Crippen LogP contribution in [0.25, 0.3) is 86.8 Å². The van der Waals surface area contributed by atoms with Gasteiger partial charge in [0.15, 0.2) is 0 Å². The first-order valence-corrected chi connectivity index (χ1v) is 26.5. The van der Waals surface area contributed by atoms with Gasteiger partial charge in [0.05, 0.1) is 0 Å². The van der Waals surface area contributed by atoms with E-state index in [1.165, 1.54) is 64.5 Å². The van der Waals surface area contributed by atoms with Gasteiger partial charge >= 0.3 is 0 Å². The number of fused-ring (bicyclic) bond motifs is 4. The van der Waals surface area contributed by atoms with Crippen LogP contribution in [0, 0.1) is 24.9 Å². The zero-order chi connectivity index (χ0) is 50.2. The fraction of sp³-hybridized carbons (Fsp3) is 0.111. The quantitative estimate of drug-likeness (QED) is 0.106. The van der Waals surface area contributed by atoms with Crippen molar-refractivity contribution in [2.24, 2.45) is 5.92 Å². The van der Waals surface area contributed by atoms with Crippen molar-refractivity contribution >= 4 is 60.7 Å². The minimum Gasteiger partial charge on any atom is -0.305 e. The van der Waals surface area contributed by atoms with Crippen LogP contribution in [0.1, 0.15) is 31.8 Å². The SMILES string of the molecule is [2H]C([2H])([2H])c1c[c-]c(-c2cc(C([2H])([2H])C(C)C)c([Si](C)(C)c3ccccc3)cn2)cc1-c1ccccc1.[Ir].[c-]1cc2sc3cc(-c4cccc5ccccc45)ccc3c2cc1-c1cc(-c2ccccc2)ccn1. The van der Waals surface area contributed by atoms with Gasteiger partial charge in [-0.2, -0.15) is 11.3 Å². The van der Waals surface area contributed by atoms with Crippen molar-refractivity contribution in [2.45, 2.75) is 40.2 Å². The van der Waals surface area contributed by atoms with E-state index in [-0.39, 0.29) is 31.6 Å². The van der Waals surface area contributed by atoms with Gasteiger partial charge in [0.1, 0.15) is 8.07 Å². The summed E-state index contributed by atoms with van der Waals surface area (Å²) in [4.78, 5) is 9.46. The summed E-state index contributed by atoms with van der Waals surface area (Å²) >= 11 is 1.83. The molecular formula is C63H52IrN2SSi-2. The van der Waals surface area contributed by atoms with Crippen LogP contribution >= 0.6 is 11.3 Å². The molecule has 0 fully saturated rings. The molecule has 3 heterocycles. The van der Waals surface area contributed by atoms with E-state index in [0.29, 0.717) is 22.4 Å². The van der Waals surface area contributed by atoms with Gasteiger partial charge in [0.2, 0.25) is 0 Å². The zero-order valence-corrected chi connectivity index (χ0v) is 42.6. The predicted molar refractivity (Wildman–Crippen MR) is 290 cm³/mol. The first-order valence-electron chi connectivity index (χ1n) is 25.2. The van der Waals surface area contributed by atoms with E-state index in [9.17, 15) is 0 Å². The summed E-state index contributed by atoms with van der Waals surface area (Å²) in [6, 6.07) is 72.5. The van der Waals surface area contributed by atoms with Gasteiger partial charge in [-0.25, -0.2) is 0 Å². The molecule has 2 nitrogen and oxygen atoms in total. The minimum absolute atomic E-state index is 0. The summed E-state index contributed by atoms with van der Waals surface area (Å²) in [5.74, 6) is -0.246. The Balaban J connectivity index is 0.000000177. The molecule has 335 valence electrons. The third-order valence-corrected chi connectivity index (χ3v) is 17.1. The number of aromatic nitrogens is 2. The molecule has 0 amide bonds. The molecular weight excluding hydrogens is 1040 g/mol. The molecule has 0 spiro atoms. The van der Waals surface area contributed by atoms with Crippen molar-refractivity contribution < 1.29 is 27.0 Å². The van der Waals surface area contributed by atoms with Gasteiger partial charge in [0.25, 0.3) is 0 Å². The maximum absolute atomic E-state index is 9.03. The van der Waals surface area contributed by atoms with E-state index < -0.39 is 21.3 Å². The number of pyridine rings is 2.